The Hall–Kier alpha value is -3.33. The Labute approximate surface area is 224 Å². The number of piperazine rings is 1. The van der Waals surface area contributed by atoms with Crippen LogP contribution in [0.4, 0.5) is 32.3 Å². The van der Waals surface area contributed by atoms with Crippen LogP contribution >= 0.6 is 34.8 Å². The molecule has 1 saturated heterocycles. The molecule has 1 heterocycles. The predicted molar refractivity (Wildman–Crippen MR) is 146 cm³/mol. The van der Waals surface area contributed by atoms with Crippen molar-refractivity contribution in [1.82, 2.24) is 4.90 Å². The Balaban J connectivity index is 1.29. The number of anilines is 4. The second-order valence-electron chi connectivity index (χ2n) is 7.95. The average Bonchev–Trinajstić information content (AvgIpc) is 2.87. The zero-order valence-electron chi connectivity index (χ0n) is 19.4. The van der Waals surface area contributed by atoms with Crippen LogP contribution in [0.3, 0.4) is 0 Å². The van der Waals surface area contributed by atoms with Crippen molar-refractivity contribution in [3.05, 3.63) is 75.7 Å². The molecule has 36 heavy (non-hydrogen) atoms. The molecule has 0 radical (unpaired) electrons. The van der Waals surface area contributed by atoms with E-state index in [2.05, 4.69) is 20.9 Å². The van der Waals surface area contributed by atoms with Gasteiger partial charge in [-0.25, -0.2) is 9.59 Å². The average molecular weight is 549 g/mol. The van der Waals surface area contributed by atoms with Crippen LogP contribution in [0.15, 0.2) is 60.7 Å². The van der Waals surface area contributed by atoms with E-state index < -0.39 is 6.03 Å². The highest BCUT2D eigenvalue weighted by molar-refractivity contribution is 6.39. The summed E-state index contributed by atoms with van der Waals surface area (Å²) in [7, 11) is 1.49. The van der Waals surface area contributed by atoms with E-state index in [0.717, 1.165) is 5.69 Å². The number of hydrogen-bond donors (Lipinski definition) is 3. The molecular weight excluding hydrogens is 525 g/mol. The summed E-state index contributed by atoms with van der Waals surface area (Å²) in [5, 5.41) is 9.53. The molecule has 1 aliphatic heterocycles. The number of hydrogen-bond acceptors (Lipinski definition) is 4. The molecular formula is C25H24Cl3N5O3. The van der Waals surface area contributed by atoms with E-state index in [1.807, 2.05) is 24.3 Å². The number of halogens is 3. The maximum absolute atomic E-state index is 12.7. The molecule has 4 amide bonds. The van der Waals surface area contributed by atoms with E-state index in [0.29, 0.717) is 64.1 Å². The van der Waals surface area contributed by atoms with E-state index >= 15 is 0 Å². The number of nitrogens with one attached hydrogen (secondary N) is 3. The van der Waals surface area contributed by atoms with Gasteiger partial charge in [0.05, 0.1) is 33.6 Å². The van der Waals surface area contributed by atoms with Crippen LogP contribution in [-0.4, -0.2) is 50.3 Å². The summed E-state index contributed by atoms with van der Waals surface area (Å²) in [5.41, 5.74) is 2.51. The summed E-state index contributed by atoms with van der Waals surface area (Å²) in [6.07, 6.45) is 0. The van der Waals surface area contributed by atoms with Gasteiger partial charge in [-0.2, -0.15) is 0 Å². The molecule has 3 N–H and O–H groups in total. The van der Waals surface area contributed by atoms with E-state index in [9.17, 15) is 9.59 Å². The summed E-state index contributed by atoms with van der Waals surface area (Å²) in [4.78, 5) is 29.0. The monoisotopic (exact) mass is 547 g/mol. The second-order valence-corrected chi connectivity index (χ2v) is 9.17. The fraction of sp³-hybridized carbons (Fsp3) is 0.200. The van der Waals surface area contributed by atoms with E-state index in [1.54, 1.807) is 41.3 Å². The number of urea groups is 2. The third kappa shape index (κ3) is 6.07. The zero-order valence-corrected chi connectivity index (χ0v) is 21.6. The predicted octanol–water partition coefficient (Wildman–Crippen LogP) is 6.65. The van der Waals surface area contributed by atoms with Crippen LogP contribution in [0.1, 0.15) is 0 Å². The smallest absolute Gasteiger partial charge is 0.323 e. The summed E-state index contributed by atoms with van der Waals surface area (Å²) in [6, 6.07) is 17.0. The van der Waals surface area contributed by atoms with Crippen molar-refractivity contribution in [1.29, 1.82) is 0 Å². The first-order valence-corrected chi connectivity index (χ1v) is 12.2. The van der Waals surface area contributed by atoms with Crippen molar-refractivity contribution >= 4 is 69.6 Å². The molecule has 11 heteroatoms. The number of carbonyl (C=O) groups is 2. The number of amides is 4. The van der Waals surface area contributed by atoms with Gasteiger partial charge in [0.1, 0.15) is 0 Å². The molecule has 188 valence electrons. The molecule has 8 nitrogen and oxygen atoms in total. The van der Waals surface area contributed by atoms with Crippen LogP contribution in [0.2, 0.25) is 15.1 Å². The lowest BCUT2D eigenvalue weighted by atomic mass is 10.2. The standard InChI is InChI=1S/C25H24Cl3N5O3/c1-36-23-20(28)6-3-7-21(23)30-24(34)29-16-8-10-17(11-9-16)32-12-14-33(15-13-32)25(35)31-22-18(26)4-2-5-19(22)27/h2-11H,12-15H2,1H3,(H,31,35)(H2,29,30,34). The van der Waals surface area contributed by atoms with E-state index in [1.165, 1.54) is 7.11 Å². The lowest BCUT2D eigenvalue weighted by molar-refractivity contribution is 0.208. The largest absolute Gasteiger partial charge is 0.493 e. The molecule has 0 aliphatic carbocycles. The molecule has 0 bridgehead atoms. The van der Waals surface area contributed by atoms with Crippen LogP contribution in [-0.2, 0) is 0 Å². The van der Waals surface area contributed by atoms with Crippen LogP contribution in [0.5, 0.6) is 5.75 Å². The molecule has 3 aromatic carbocycles. The lowest BCUT2D eigenvalue weighted by Gasteiger charge is -2.36. The van der Waals surface area contributed by atoms with Gasteiger partial charge in [0.15, 0.2) is 5.75 Å². The molecule has 1 fully saturated rings. The molecule has 0 unspecified atom stereocenters. The Morgan fingerprint density at radius 2 is 1.39 bits per heavy atom. The topological polar surface area (TPSA) is 85.9 Å². The summed E-state index contributed by atoms with van der Waals surface area (Å²) < 4.78 is 5.25. The van der Waals surface area contributed by atoms with Crippen molar-refractivity contribution in [3.63, 3.8) is 0 Å². The van der Waals surface area contributed by atoms with E-state index in [4.69, 9.17) is 39.5 Å². The van der Waals surface area contributed by atoms with Crippen molar-refractivity contribution in [3.8, 4) is 5.75 Å². The summed E-state index contributed by atoms with van der Waals surface area (Å²) in [5.74, 6) is 0.396. The van der Waals surface area contributed by atoms with Gasteiger partial charge in [-0.1, -0.05) is 46.9 Å². The van der Waals surface area contributed by atoms with Crippen LogP contribution < -0.4 is 25.6 Å². The van der Waals surface area contributed by atoms with Crippen molar-refractivity contribution in [2.45, 2.75) is 0 Å². The molecule has 0 spiro atoms. The first-order chi connectivity index (χ1) is 17.4. The Kier molecular flexibility index (Phi) is 8.30. The first-order valence-electron chi connectivity index (χ1n) is 11.1. The minimum atomic E-state index is -0.415. The van der Waals surface area contributed by atoms with Gasteiger partial charge in [-0.3, -0.25) is 0 Å². The first kappa shape index (κ1) is 25.8. The third-order valence-corrected chi connectivity index (χ3v) is 6.60. The highest BCUT2D eigenvalue weighted by Crippen LogP contribution is 2.33. The summed E-state index contributed by atoms with van der Waals surface area (Å²) >= 11 is 18.4. The number of ether oxygens (including phenoxy) is 1. The van der Waals surface area contributed by atoms with Crippen molar-refractivity contribution in [2.75, 3.05) is 54.1 Å². The van der Waals surface area contributed by atoms with Gasteiger partial charge < -0.3 is 30.5 Å². The minimum Gasteiger partial charge on any atom is -0.493 e. The van der Waals surface area contributed by atoms with Gasteiger partial charge in [-0.05, 0) is 48.5 Å². The number of carbonyl (C=O) groups excluding carboxylic acids is 2. The number of methoxy groups -OCH3 is 1. The minimum absolute atomic E-state index is 0.244. The Morgan fingerprint density at radius 3 is 2.03 bits per heavy atom. The number of para-hydroxylation sites is 2. The quantitative estimate of drug-likeness (QED) is 0.333. The molecule has 4 rings (SSSR count). The SMILES string of the molecule is COc1c(Cl)cccc1NC(=O)Nc1ccc(N2CCN(C(=O)Nc3c(Cl)cccc3Cl)CC2)cc1. The molecule has 0 atom stereocenters. The maximum atomic E-state index is 12.7. The highest BCUT2D eigenvalue weighted by atomic mass is 35.5. The van der Waals surface area contributed by atoms with Crippen LogP contribution in [0.25, 0.3) is 0 Å². The number of nitrogens with zero attached hydrogens (tertiary/aromatic N) is 2. The molecule has 1 aliphatic rings. The van der Waals surface area contributed by atoms with Crippen LogP contribution in [0, 0.1) is 0 Å². The molecule has 0 aromatic heterocycles. The zero-order chi connectivity index (χ0) is 25.7. The molecule has 0 saturated carbocycles. The third-order valence-electron chi connectivity index (χ3n) is 5.67. The van der Waals surface area contributed by atoms with Crippen molar-refractivity contribution in [2.24, 2.45) is 0 Å². The van der Waals surface area contributed by atoms with Gasteiger partial charge in [-0.15, -0.1) is 0 Å². The number of benzene rings is 3. The summed E-state index contributed by atoms with van der Waals surface area (Å²) in [6.45, 7) is 2.40. The van der Waals surface area contributed by atoms with Gasteiger partial charge in [0, 0.05) is 37.6 Å². The van der Waals surface area contributed by atoms with Gasteiger partial charge in [0.2, 0.25) is 0 Å². The fourth-order valence-corrected chi connectivity index (χ4v) is 4.57. The number of rotatable bonds is 5. The maximum Gasteiger partial charge on any atom is 0.323 e. The van der Waals surface area contributed by atoms with Gasteiger partial charge in [0.25, 0.3) is 0 Å². The second kappa shape index (κ2) is 11.6. The normalized spacial score (nSPS) is 13.2. The van der Waals surface area contributed by atoms with Gasteiger partial charge >= 0.3 is 12.1 Å². The Morgan fingerprint density at radius 1 is 0.778 bits per heavy atom. The Bertz CT molecular complexity index is 1230. The highest BCUT2D eigenvalue weighted by Gasteiger charge is 2.22. The van der Waals surface area contributed by atoms with Crippen molar-refractivity contribution < 1.29 is 14.3 Å². The lowest BCUT2D eigenvalue weighted by Crippen LogP contribution is -2.50. The fourth-order valence-electron chi connectivity index (χ4n) is 3.83. The van der Waals surface area contributed by atoms with E-state index in [-0.39, 0.29) is 6.03 Å². The molecule has 3 aromatic rings.